The highest BCUT2D eigenvalue weighted by Crippen LogP contribution is 2.44. The van der Waals surface area contributed by atoms with Crippen molar-refractivity contribution < 1.29 is 38.0 Å². The van der Waals surface area contributed by atoms with Crippen LogP contribution in [-0.2, 0) is 33.2 Å². The molecule has 2 aromatic rings. The van der Waals surface area contributed by atoms with Gasteiger partial charge in [0.25, 0.3) is 11.1 Å². The van der Waals surface area contributed by atoms with E-state index in [1.165, 1.54) is 23.9 Å². The molecule has 8 atom stereocenters. The van der Waals surface area contributed by atoms with Crippen molar-refractivity contribution >= 4 is 5.97 Å². The number of methoxy groups -OCH3 is 1. The summed E-state index contributed by atoms with van der Waals surface area (Å²) < 4.78 is 42.3. The van der Waals surface area contributed by atoms with E-state index in [2.05, 4.69) is 14.7 Å². The maximum absolute atomic E-state index is 12.3. The Bertz CT molecular complexity index is 1620. The lowest BCUT2D eigenvalue weighted by atomic mass is 10.1. The number of ether oxygens (including phenoxy) is 7. The van der Waals surface area contributed by atoms with Gasteiger partial charge >= 0.3 is 17.3 Å². The smallest absolute Gasteiger partial charge is 0.355 e. The van der Waals surface area contributed by atoms with Crippen LogP contribution >= 0.6 is 0 Å². The Morgan fingerprint density at radius 2 is 1.30 bits per heavy atom. The molecular formula is C28H38N4O12. The molecule has 4 aliphatic heterocycles. The predicted molar refractivity (Wildman–Crippen MR) is 150 cm³/mol. The van der Waals surface area contributed by atoms with Crippen LogP contribution in [-0.4, -0.2) is 80.4 Å². The second kappa shape index (κ2) is 11.8. The standard InChI is InChI=1S/C15H20N2O7.C13H18N2O5/c1-5-8-10-11(24-15(2,3)23-10)12(22-8)17-7(13(19)21-4)6-9(18)16-14(17)20;1-4-7-9-10(20-13(2,3)19-9)11(18-7)15-6-5-8(16)14-12(15)17/h6,8,10-12H,5H2,1-4H3,(H,16,18,20);5-7,9-11H,4H2,1-3H3,(H,14,16,17)/t8-,10+,11?,12-;7-,9+,10?,11-/m11/s1. The first-order chi connectivity index (χ1) is 20.7. The molecule has 6 heterocycles. The van der Waals surface area contributed by atoms with E-state index in [-0.39, 0.29) is 36.2 Å². The van der Waals surface area contributed by atoms with Crippen LogP contribution < -0.4 is 22.5 Å². The second-order valence-corrected chi connectivity index (χ2v) is 11.8. The maximum atomic E-state index is 12.3. The summed E-state index contributed by atoms with van der Waals surface area (Å²) in [7, 11) is 1.17. The number of carbonyl (C=O) groups is 1. The molecule has 6 rings (SSSR count). The highest BCUT2D eigenvalue weighted by atomic mass is 16.8. The van der Waals surface area contributed by atoms with Crippen LogP contribution in [0.3, 0.4) is 0 Å². The maximum Gasteiger partial charge on any atom is 0.355 e. The molecule has 242 valence electrons. The third-order valence-corrected chi connectivity index (χ3v) is 7.81. The Balaban J connectivity index is 0.000000177. The van der Waals surface area contributed by atoms with Gasteiger partial charge in [-0.3, -0.25) is 28.7 Å². The number of fused-ring (bicyclic) bond motifs is 2. The zero-order chi connectivity index (χ0) is 32.1. The number of H-pyrrole nitrogens is 2. The topological polar surface area (TPSA) is 191 Å². The van der Waals surface area contributed by atoms with Gasteiger partial charge in [0.2, 0.25) is 0 Å². The van der Waals surface area contributed by atoms with Crippen LogP contribution in [0.2, 0.25) is 0 Å². The van der Waals surface area contributed by atoms with Crippen LogP contribution in [0.5, 0.6) is 0 Å². The van der Waals surface area contributed by atoms with Gasteiger partial charge in [0.05, 0.1) is 19.3 Å². The number of nitrogens with zero attached hydrogens (tertiary/aromatic N) is 2. The molecule has 44 heavy (non-hydrogen) atoms. The van der Waals surface area contributed by atoms with E-state index in [1.807, 2.05) is 27.7 Å². The van der Waals surface area contributed by atoms with Crippen molar-refractivity contribution in [2.24, 2.45) is 0 Å². The second-order valence-electron chi connectivity index (χ2n) is 11.8. The lowest BCUT2D eigenvalue weighted by molar-refractivity contribution is -0.197. The normalized spacial score (nSPS) is 32.9. The van der Waals surface area contributed by atoms with Gasteiger partial charge in [-0.1, -0.05) is 13.8 Å². The summed E-state index contributed by atoms with van der Waals surface area (Å²) in [6.45, 7) is 11.1. The summed E-state index contributed by atoms with van der Waals surface area (Å²) in [4.78, 5) is 63.3. The number of aromatic nitrogens is 4. The number of esters is 1. The Kier molecular flexibility index (Phi) is 8.60. The van der Waals surface area contributed by atoms with Crippen molar-refractivity contribution in [3.8, 4) is 0 Å². The quantitative estimate of drug-likeness (QED) is 0.440. The minimum absolute atomic E-state index is 0.134. The minimum atomic E-state index is -0.903. The SMILES string of the molecule is CC[C@H]1O[C@@H](n2c(C(=O)OC)cc(=O)[nH]c2=O)C2OC(C)(C)O[C@H]21.CC[C@H]1O[C@@H](n2ccc(=O)[nH]c2=O)C2OC(C)(C)O[C@H]21. The summed E-state index contributed by atoms with van der Waals surface area (Å²) >= 11 is 0. The molecule has 0 radical (unpaired) electrons. The Morgan fingerprint density at radius 1 is 0.795 bits per heavy atom. The predicted octanol–water partition coefficient (Wildman–Crippen LogP) is 0.515. The van der Waals surface area contributed by atoms with Gasteiger partial charge in [0.15, 0.2) is 24.0 Å². The average molecular weight is 623 g/mol. The molecule has 0 bridgehead atoms. The summed E-state index contributed by atoms with van der Waals surface area (Å²) in [6.07, 6.45) is -0.630. The van der Waals surface area contributed by atoms with Crippen LogP contribution in [0.4, 0.5) is 0 Å². The van der Waals surface area contributed by atoms with Gasteiger partial charge < -0.3 is 33.2 Å². The van der Waals surface area contributed by atoms with Crippen molar-refractivity contribution in [1.29, 1.82) is 0 Å². The van der Waals surface area contributed by atoms with Crippen molar-refractivity contribution in [3.63, 3.8) is 0 Å². The Morgan fingerprint density at radius 3 is 1.82 bits per heavy atom. The molecular weight excluding hydrogens is 584 g/mol. The summed E-state index contributed by atoms with van der Waals surface area (Å²) in [5.74, 6) is -2.34. The highest BCUT2D eigenvalue weighted by molar-refractivity contribution is 5.87. The molecule has 16 nitrogen and oxygen atoms in total. The number of aromatic amines is 2. The van der Waals surface area contributed by atoms with Gasteiger partial charge in [-0.25, -0.2) is 14.4 Å². The van der Waals surface area contributed by atoms with Gasteiger partial charge in [-0.15, -0.1) is 0 Å². The molecule has 0 amide bonds. The van der Waals surface area contributed by atoms with Crippen molar-refractivity contribution in [2.45, 2.75) is 115 Å². The zero-order valence-corrected chi connectivity index (χ0v) is 25.6. The van der Waals surface area contributed by atoms with Crippen LogP contribution in [0, 0.1) is 0 Å². The van der Waals surface area contributed by atoms with Crippen molar-refractivity contribution in [2.75, 3.05) is 7.11 Å². The first-order valence-corrected chi connectivity index (χ1v) is 14.5. The van der Waals surface area contributed by atoms with Crippen molar-refractivity contribution in [1.82, 2.24) is 19.1 Å². The molecule has 16 heteroatoms. The third-order valence-electron chi connectivity index (χ3n) is 7.81. The number of carbonyl (C=O) groups excluding carboxylic acids is 1. The van der Waals surface area contributed by atoms with E-state index < -0.39 is 58.6 Å². The molecule has 4 saturated heterocycles. The molecule has 2 aromatic heterocycles. The number of hydrogen-bond acceptors (Lipinski definition) is 12. The molecule has 4 aliphatic rings. The number of hydrogen-bond donors (Lipinski definition) is 2. The lowest BCUT2D eigenvalue weighted by Gasteiger charge is -2.25. The first kappa shape index (κ1) is 32.0. The highest BCUT2D eigenvalue weighted by Gasteiger charge is 2.57. The summed E-state index contributed by atoms with van der Waals surface area (Å²) in [5, 5.41) is 0. The van der Waals surface area contributed by atoms with E-state index in [1.54, 1.807) is 13.8 Å². The van der Waals surface area contributed by atoms with E-state index in [9.17, 15) is 24.0 Å². The monoisotopic (exact) mass is 622 g/mol. The lowest BCUT2D eigenvalue weighted by Crippen LogP contribution is -2.40. The fraction of sp³-hybridized carbons (Fsp3) is 0.679. The van der Waals surface area contributed by atoms with Crippen LogP contribution in [0.15, 0.2) is 37.5 Å². The number of rotatable bonds is 5. The number of nitrogens with one attached hydrogen (secondary N) is 2. The zero-order valence-electron chi connectivity index (χ0n) is 25.6. The molecule has 0 saturated carbocycles. The van der Waals surface area contributed by atoms with Gasteiger partial charge in [0, 0.05) is 18.3 Å². The fourth-order valence-corrected chi connectivity index (χ4v) is 6.05. The molecule has 2 unspecified atom stereocenters. The molecule has 4 fully saturated rings. The Hall–Kier alpha value is -3.41. The largest absolute Gasteiger partial charge is 0.464 e. The van der Waals surface area contributed by atoms with E-state index >= 15 is 0 Å². The molecule has 0 spiro atoms. The first-order valence-electron chi connectivity index (χ1n) is 14.5. The Labute approximate surface area is 251 Å². The molecule has 2 N–H and O–H groups in total. The summed E-state index contributed by atoms with van der Waals surface area (Å²) in [5.41, 5.74) is -2.60. The van der Waals surface area contributed by atoms with Gasteiger partial charge in [-0.05, 0) is 40.5 Å². The van der Waals surface area contributed by atoms with E-state index in [0.29, 0.717) is 6.42 Å². The van der Waals surface area contributed by atoms with Crippen molar-refractivity contribution in [3.05, 3.63) is 65.7 Å². The molecule has 0 aliphatic carbocycles. The molecule has 0 aromatic carbocycles. The summed E-state index contributed by atoms with van der Waals surface area (Å²) in [6, 6.07) is 2.30. The third kappa shape index (κ3) is 5.97. The fourth-order valence-electron chi connectivity index (χ4n) is 6.05. The van der Waals surface area contributed by atoms with Gasteiger partial charge in [-0.2, -0.15) is 0 Å². The average Bonchev–Trinajstić information content (AvgIpc) is 3.64. The van der Waals surface area contributed by atoms with E-state index in [4.69, 9.17) is 28.4 Å². The van der Waals surface area contributed by atoms with E-state index in [0.717, 1.165) is 17.1 Å². The van der Waals surface area contributed by atoms with Crippen LogP contribution in [0.25, 0.3) is 0 Å². The van der Waals surface area contributed by atoms with Gasteiger partial charge in [0.1, 0.15) is 30.1 Å². The van der Waals surface area contributed by atoms with Crippen LogP contribution in [0.1, 0.15) is 77.3 Å². The minimum Gasteiger partial charge on any atom is -0.464 e.